The van der Waals surface area contributed by atoms with Gasteiger partial charge >= 0.3 is 0 Å². The van der Waals surface area contributed by atoms with Crippen LogP contribution in [0.25, 0.3) is 0 Å². The first-order valence-electron chi connectivity index (χ1n) is 9.10. The molecule has 0 aliphatic rings. The molecule has 0 unspecified atom stereocenters. The minimum atomic E-state index is -0.411. The Morgan fingerprint density at radius 3 is 2.77 bits per heavy atom. The lowest BCUT2D eigenvalue weighted by Gasteiger charge is -2.05. The summed E-state index contributed by atoms with van der Waals surface area (Å²) in [7, 11) is 0. The Balaban J connectivity index is 1.34. The van der Waals surface area contributed by atoms with Crippen LogP contribution in [-0.2, 0) is 13.2 Å². The highest BCUT2D eigenvalue weighted by Crippen LogP contribution is 2.21. The van der Waals surface area contributed by atoms with E-state index in [0.717, 1.165) is 15.6 Å². The number of aromatic nitrogens is 2. The molecule has 4 rings (SSSR count). The third-order valence-corrected chi connectivity index (χ3v) is 5.76. The van der Waals surface area contributed by atoms with Gasteiger partial charge in [0.25, 0.3) is 5.91 Å². The van der Waals surface area contributed by atoms with Gasteiger partial charge in [-0.15, -0.1) is 11.3 Å². The summed E-state index contributed by atoms with van der Waals surface area (Å²) in [6, 6.07) is 16.0. The Morgan fingerprint density at radius 1 is 1.17 bits per heavy atom. The Hall–Kier alpha value is -2.97. The van der Waals surface area contributed by atoms with Crippen LogP contribution in [0.4, 0.5) is 10.1 Å². The van der Waals surface area contributed by atoms with Crippen LogP contribution in [0.5, 0.6) is 5.75 Å². The SMILES string of the molecule is O=C(Nc1cnn(Cc2ccc(Br)cc2)c1)c1cc(COc2ccccc2F)cs1. The molecule has 0 radical (unpaired) electrons. The summed E-state index contributed by atoms with van der Waals surface area (Å²) in [6.45, 7) is 0.801. The van der Waals surface area contributed by atoms with Crippen LogP contribution in [0.2, 0.25) is 0 Å². The van der Waals surface area contributed by atoms with E-state index in [2.05, 4.69) is 26.3 Å². The molecule has 0 fully saturated rings. The lowest BCUT2D eigenvalue weighted by atomic mass is 10.2. The van der Waals surface area contributed by atoms with Crippen molar-refractivity contribution in [3.63, 3.8) is 0 Å². The maximum absolute atomic E-state index is 13.6. The number of hydrogen-bond acceptors (Lipinski definition) is 4. The van der Waals surface area contributed by atoms with Gasteiger partial charge < -0.3 is 10.1 Å². The van der Waals surface area contributed by atoms with E-state index in [0.29, 0.717) is 17.1 Å². The summed E-state index contributed by atoms with van der Waals surface area (Å²) in [5.41, 5.74) is 2.53. The second-order valence-corrected chi connectivity index (χ2v) is 8.37. The van der Waals surface area contributed by atoms with Crippen molar-refractivity contribution in [3.8, 4) is 5.75 Å². The van der Waals surface area contributed by atoms with Gasteiger partial charge in [0.05, 0.1) is 23.3 Å². The number of halogens is 2. The molecule has 0 aliphatic carbocycles. The number of hydrogen-bond donors (Lipinski definition) is 1. The summed E-state index contributed by atoms with van der Waals surface area (Å²) in [5.74, 6) is -0.445. The number of nitrogens with one attached hydrogen (secondary N) is 1. The van der Waals surface area contributed by atoms with E-state index in [4.69, 9.17) is 4.74 Å². The van der Waals surface area contributed by atoms with Gasteiger partial charge in [-0.1, -0.05) is 40.2 Å². The average molecular weight is 486 g/mol. The number of ether oxygens (including phenoxy) is 1. The Labute approximate surface area is 185 Å². The molecule has 5 nitrogen and oxygen atoms in total. The van der Waals surface area contributed by atoms with E-state index in [-0.39, 0.29) is 18.3 Å². The molecule has 152 valence electrons. The van der Waals surface area contributed by atoms with Crippen LogP contribution in [0, 0.1) is 5.82 Å². The van der Waals surface area contributed by atoms with Gasteiger partial charge in [-0.25, -0.2) is 4.39 Å². The van der Waals surface area contributed by atoms with E-state index in [1.54, 1.807) is 41.3 Å². The van der Waals surface area contributed by atoms with Gasteiger partial charge in [0.2, 0.25) is 0 Å². The van der Waals surface area contributed by atoms with Gasteiger partial charge in [0.15, 0.2) is 11.6 Å². The fourth-order valence-corrected chi connectivity index (χ4v) is 3.83. The fraction of sp³-hybridized carbons (Fsp3) is 0.0909. The molecule has 30 heavy (non-hydrogen) atoms. The van der Waals surface area contributed by atoms with Gasteiger partial charge in [-0.05, 0) is 41.3 Å². The van der Waals surface area contributed by atoms with Crippen LogP contribution in [0.15, 0.2) is 76.8 Å². The largest absolute Gasteiger partial charge is 0.486 e. The standard InChI is InChI=1S/C22H17BrFN3O2S/c23-17-7-5-15(6-8-17)11-27-12-18(10-25-27)26-22(28)21-9-16(14-30-21)13-29-20-4-2-1-3-19(20)24/h1-10,12,14H,11,13H2,(H,26,28). The molecule has 2 aromatic carbocycles. The highest BCUT2D eigenvalue weighted by atomic mass is 79.9. The number of amides is 1. The minimum Gasteiger partial charge on any atom is -0.486 e. The van der Waals surface area contributed by atoms with Crippen molar-refractivity contribution >= 4 is 38.9 Å². The van der Waals surface area contributed by atoms with Crippen LogP contribution in [0.1, 0.15) is 20.8 Å². The van der Waals surface area contributed by atoms with Gasteiger partial charge in [-0.2, -0.15) is 5.10 Å². The van der Waals surface area contributed by atoms with E-state index in [1.807, 2.05) is 29.6 Å². The minimum absolute atomic E-state index is 0.188. The number of carbonyl (C=O) groups is 1. The summed E-state index contributed by atoms with van der Waals surface area (Å²) >= 11 is 4.73. The molecular weight excluding hydrogens is 469 g/mol. The zero-order valence-electron chi connectivity index (χ0n) is 15.7. The van der Waals surface area contributed by atoms with Gasteiger partial charge in [0, 0.05) is 16.2 Å². The number of para-hydroxylation sites is 1. The van der Waals surface area contributed by atoms with Crippen molar-refractivity contribution in [2.24, 2.45) is 0 Å². The monoisotopic (exact) mass is 485 g/mol. The van der Waals surface area contributed by atoms with Crippen LogP contribution in [0.3, 0.4) is 0 Å². The number of nitrogens with zero attached hydrogens (tertiary/aromatic N) is 2. The highest BCUT2D eigenvalue weighted by molar-refractivity contribution is 9.10. The second kappa shape index (κ2) is 9.23. The molecule has 4 aromatic rings. The predicted molar refractivity (Wildman–Crippen MR) is 118 cm³/mol. The Bertz CT molecular complexity index is 1160. The number of anilines is 1. The van der Waals surface area contributed by atoms with Gasteiger partial charge in [-0.3, -0.25) is 9.48 Å². The van der Waals surface area contributed by atoms with E-state index >= 15 is 0 Å². The molecule has 2 heterocycles. The Morgan fingerprint density at radius 2 is 1.97 bits per heavy atom. The summed E-state index contributed by atoms with van der Waals surface area (Å²) in [4.78, 5) is 13.1. The van der Waals surface area contributed by atoms with Crippen molar-refractivity contribution in [1.82, 2.24) is 9.78 Å². The molecule has 0 saturated heterocycles. The second-order valence-electron chi connectivity index (χ2n) is 6.55. The molecule has 0 bridgehead atoms. The first-order valence-corrected chi connectivity index (χ1v) is 10.8. The zero-order valence-corrected chi connectivity index (χ0v) is 18.1. The number of carbonyl (C=O) groups excluding carboxylic acids is 1. The third-order valence-electron chi connectivity index (χ3n) is 4.26. The van der Waals surface area contributed by atoms with Crippen LogP contribution >= 0.6 is 27.3 Å². The fourth-order valence-electron chi connectivity index (χ4n) is 2.78. The topological polar surface area (TPSA) is 56.2 Å². The lowest BCUT2D eigenvalue weighted by Crippen LogP contribution is -2.09. The molecule has 0 saturated carbocycles. The first-order chi connectivity index (χ1) is 14.6. The van der Waals surface area contributed by atoms with Crippen molar-refractivity contribution in [2.75, 3.05) is 5.32 Å². The molecule has 2 aromatic heterocycles. The molecule has 0 aliphatic heterocycles. The Kier molecular flexibility index (Phi) is 6.25. The van der Waals surface area contributed by atoms with Crippen LogP contribution in [-0.4, -0.2) is 15.7 Å². The maximum atomic E-state index is 13.6. The molecule has 0 spiro atoms. The van der Waals surface area contributed by atoms with Crippen molar-refractivity contribution in [2.45, 2.75) is 13.2 Å². The zero-order chi connectivity index (χ0) is 20.9. The summed E-state index contributed by atoms with van der Waals surface area (Å²) < 4.78 is 21.9. The highest BCUT2D eigenvalue weighted by Gasteiger charge is 2.12. The quantitative estimate of drug-likeness (QED) is 0.363. The lowest BCUT2D eigenvalue weighted by molar-refractivity contribution is 0.103. The predicted octanol–water partition coefficient (Wildman–Crippen LogP) is 5.73. The average Bonchev–Trinajstić information content (AvgIpc) is 3.39. The van der Waals surface area contributed by atoms with Crippen molar-refractivity contribution in [3.05, 3.63) is 98.7 Å². The van der Waals surface area contributed by atoms with Gasteiger partial charge in [0.1, 0.15) is 6.61 Å². The number of rotatable bonds is 7. The molecule has 1 N–H and O–H groups in total. The third kappa shape index (κ3) is 5.14. The molecule has 8 heteroatoms. The number of benzene rings is 2. The van der Waals surface area contributed by atoms with E-state index in [1.165, 1.54) is 17.4 Å². The smallest absolute Gasteiger partial charge is 0.265 e. The van der Waals surface area contributed by atoms with Crippen molar-refractivity contribution < 1.29 is 13.9 Å². The molecule has 1 amide bonds. The maximum Gasteiger partial charge on any atom is 0.265 e. The summed E-state index contributed by atoms with van der Waals surface area (Å²) in [6.07, 6.45) is 3.41. The molecule has 0 atom stereocenters. The summed E-state index contributed by atoms with van der Waals surface area (Å²) in [5, 5.41) is 8.97. The van der Waals surface area contributed by atoms with Crippen LogP contribution < -0.4 is 10.1 Å². The molecular formula is C22H17BrFN3O2S. The van der Waals surface area contributed by atoms with E-state index in [9.17, 15) is 9.18 Å². The first kappa shape index (κ1) is 20.3. The normalized spacial score (nSPS) is 10.7. The number of thiophene rings is 1. The van der Waals surface area contributed by atoms with Crippen molar-refractivity contribution in [1.29, 1.82) is 0 Å². The van der Waals surface area contributed by atoms with E-state index < -0.39 is 5.82 Å².